The molecule has 0 spiro atoms. The predicted octanol–water partition coefficient (Wildman–Crippen LogP) is 2.97. The monoisotopic (exact) mass is 375 g/mol. The summed E-state index contributed by atoms with van der Waals surface area (Å²) in [5.41, 5.74) is 1.41. The second-order valence-corrected chi connectivity index (χ2v) is 5.60. The van der Waals surface area contributed by atoms with Crippen LogP contribution in [-0.2, 0) is 4.79 Å². The number of aliphatic carboxylic acids is 1. The average Bonchev–Trinajstić information content (AvgIpc) is 2.33. The Kier molecular flexibility index (Phi) is 6.27. The first-order valence-corrected chi connectivity index (χ1v) is 7.34. The highest BCUT2D eigenvalue weighted by atomic mass is 127. The molecule has 0 unspecified atom stereocenters. The zero-order valence-corrected chi connectivity index (χ0v) is 13.2. The van der Waals surface area contributed by atoms with E-state index in [0.717, 1.165) is 22.0 Å². The highest BCUT2D eigenvalue weighted by Gasteiger charge is 2.21. The standard InChI is InChI=1S/C14H18INO3/c1-3-4-8-11(14(18)19)16-13(17)12-9(2)6-5-7-10(12)15/h5-7,11H,3-4,8H2,1-2H3,(H,16,17)(H,18,19)/t11-/m0/s1. The van der Waals surface area contributed by atoms with Crippen LogP contribution in [0.4, 0.5) is 0 Å². The lowest BCUT2D eigenvalue weighted by Gasteiger charge is -2.15. The molecule has 0 saturated carbocycles. The lowest BCUT2D eigenvalue weighted by Crippen LogP contribution is -2.41. The molecule has 1 aromatic carbocycles. The molecule has 2 N–H and O–H groups in total. The Morgan fingerprint density at radius 2 is 2.11 bits per heavy atom. The molecule has 0 aliphatic heterocycles. The van der Waals surface area contributed by atoms with E-state index in [1.165, 1.54) is 0 Å². The minimum Gasteiger partial charge on any atom is -0.480 e. The number of aryl methyl sites for hydroxylation is 1. The number of carbonyl (C=O) groups is 2. The Morgan fingerprint density at radius 1 is 1.42 bits per heavy atom. The molecular weight excluding hydrogens is 357 g/mol. The van der Waals surface area contributed by atoms with Gasteiger partial charge in [-0.3, -0.25) is 4.79 Å². The summed E-state index contributed by atoms with van der Waals surface area (Å²) in [6.45, 7) is 3.84. The maximum absolute atomic E-state index is 12.2. The van der Waals surface area contributed by atoms with E-state index in [1.807, 2.05) is 32.0 Å². The smallest absolute Gasteiger partial charge is 0.326 e. The molecule has 19 heavy (non-hydrogen) atoms. The maximum Gasteiger partial charge on any atom is 0.326 e. The molecule has 1 atom stereocenters. The molecular formula is C14H18INO3. The van der Waals surface area contributed by atoms with Crippen molar-refractivity contribution < 1.29 is 14.7 Å². The van der Waals surface area contributed by atoms with Crippen LogP contribution in [0.1, 0.15) is 42.1 Å². The van der Waals surface area contributed by atoms with E-state index in [2.05, 4.69) is 27.9 Å². The van der Waals surface area contributed by atoms with Gasteiger partial charge in [0.15, 0.2) is 0 Å². The van der Waals surface area contributed by atoms with Crippen LogP contribution in [0.2, 0.25) is 0 Å². The maximum atomic E-state index is 12.2. The van der Waals surface area contributed by atoms with E-state index >= 15 is 0 Å². The Labute approximate surface area is 126 Å². The second-order valence-electron chi connectivity index (χ2n) is 4.44. The van der Waals surface area contributed by atoms with Crippen molar-refractivity contribution in [3.63, 3.8) is 0 Å². The molecule has 5 heteroatoms. The number of carboxylic acid groups (broad SMARTS) is 1. The van der Waals surface area contributed by atoms with Crippen molar-refractivity contribution >= 4 is 34.5 Å². The number of carbonyl (C=O) groups excluding carboxylic acids is 1. The van der Waals surface area contributed by atoms with Gasteiger partial charge in [0.25, 0.3) is 5.91 Å². The van der Waals surface area contributed by atoms with Gasteiger partial charge < -0.3 is 10.4 Å². The predicted molar refractivity (Wildman–Crippen MR) is 82.3 cm³/mol. The summed E-state index contributed by atoms with van der Waals surface area (Å²) < 4.78 is 0.828. The van der Waals surface area contributed by atoms with Crippen molar-refractivity contribution in [1.82, 2.24) is 5.32 Å². The van der Waals surface area contributed by atoms with E-state index in [-0.39, 0.29) is 5.91 Å². The Hall–Kier alpha value is -1.11. The van der Waals surface area contributed by atoms with E-state index in [0.29, 0.717) is 12.0 Å². The van der Waals surface area contributed by atoms with Crippen LogP contribution >= 0.6 is 22.6 Å². The third-order valence-corrected chi connectivity index (χ3v) is 3.80. The zero-order chi connectivity index (χ0) is 14.4. The first-order chi connectivity index (χ1) is 8.97. The van der Waals surface area contributed by atoms with Gasteiger partial charge in [0.05, 0.1) is 5.56 Å². The number of benzene rings is 1. The van der Waals surface area contributed by atoms with Crippen molar-refractivity contribution in [3.05, 3.63) is 32.9 Å². The Balaban J connectivity index is 2.85. The van der Waals surface area contributed by atoms with E-state index < -0.39 is 12.0 Å². The Morgan fingerprint density at radius 3 is 2.63 bits per heavy atom. The summed E-state index contributed by atoms with van der Waals surface area (Å²) in [4.78, 5) is 23.3. The van der Waals surface area contributed by atoms with Crippen LogP contribution < -0.4 is 5.32 Å². The fourth-order valence-electron chi connectivity index (χ4n) is 1.82. The minimum atomic E-state index is -0.981. The molecule has 0 aromatic heterocycles. The van der Waals surface area contributed by atoms with Crippen LogP contribution in [0.5, 0.6) is 0 Å². The number of nitrogens with one attached hydrogen (secondary N) is 1. The number of carboxylic acids is 1. The highest BCUT2D eigenvalue weighted by molar-refractivity contribution is 14.1. The van der Waals surface area contributed by atoms with Crippen molar-refractivity contribution in [1.29, 1.82) is 0 Å². The van der Waals surface area contributed by atoms with Gasteiger partial charge in [-0.15, -0.1) is 0 Å². The average molecular weight is 375 g/mol. The van der Waals surface area contributed by atoms with E-state index in [4.69, 9.17) is 5.11 Å². The topological polar surface area (TPSA) is 66.4 Å². The summed E-state index contributed by atoms with van der Waals surface area (Å²) in [7, 11) is 0. The Bertz CT molecular complexity index is 454. The van der Waals surface area contributed by atoms with Crippen molar-refractivity contribution in [2.45, 2.75) is 39.2 Å². The quantitative estimate of drug-likeness (QED) is 0.752. The number of hydrogen-bond donors (Lipinski definition) is 2. The zero-order valence-electron chi connectivity index (χ0n) is 11.1. The summed E-state index contributed by atoms with van der Waals surface area (Å²) in [6, 6.07) is 4.74. The second kappa shape index (κ2) is 7.47. The lowest BCUT2D eigenvalue weighted by atomic mass is 10.1. The van der Waals surface area contributed by atoms with Gasteiger partial charge in [0.1, 0.15) is 6.04 Å². The SMILES string of the molecule is CCCC[C@H](NC(=O)c1c(C)cccc1I)C(=O)O. The van der Waals surface area contributed by atoms with Gasteiger partial charge in [-0.05, 0) is 47.6 Å². The number of hydrogen-bond acceptors (Lipinski definition) is 2. The van der Waals surface area contributed by atoms with Crippen molar-refractivity contribution in [2.24, 2.45) is 0 Å². The minimum absolute atomic E-state index is 0.314. The largest absolute Gasteiger partial charge is 0.480 e. The van der Waals surface area contributed by atoms with Crippen LogP contribution in [-0.4, -0.2) is 23.0 Å². The van der Waals surface area contributed by atoms with Gasteiger partial charge in [0, 0.05) is 3.57 Å². The fourth-order valence-corrected chi connectivity index (χ4v) is 2.69. The normalized spacial score (nSPS) is 11.9. The third kappa shape index (κ3) is 4.49. The van der Waals surface area contributed by atoms with Crippen molar-refractivity contribution in [2.75, 3.05) is 0 Å². The molecule has 0 aliphatic rings. The summed E-state index contributed by atoms with van der Waals surface area (Å²) in [6.07, 6.45) is 2.14. The van der Waals surface area contributed by atoms with Gasteiger partial charge in [-0.1, -0.05) is 31.9 Å². The molecule has 4 nitrogen and oxygen atoms in total. The van der Waals surface area contributed by atoms with Crippen LogP contribution in [0.15, 0.2) is 18.2 Å². The molecule has 1 rings (SSSR count). The molecule has 104 valence electrons. The molecule has 0 bridgehead atoms. The number of rotatable bonds is 6. The van der Waals surface area contributed by atoms with Gasteiger partial charge >= 0.3 is 5.97 Å². The molecule has 0 aliphatic carbocycles. The molecule has 1 aromatic rings. The van der Waals surface area contributed by atoms with Gasteiger partial charge in [0.2, 0.25) is 0 Å². The first-order valence-electron chi connectivity index (χ1n) is 6.26. The van der Waals surface area contributed by atoms with Gasteiger partial charge in [-0.25, -0.2) is 4.79 Å². The number of halogens is 1. The molecule has 1 amide bonds. The molecule has 0 radical (unpaired) electrons. The summed E-state index contributed by atoms with van der Waals surface area (Å²) in [5.74, 6) is -1.30. The van der Waals surface area contributed by atoms with Gasteiger partial charge in [-0.2, -0.15) is 0 Å². The van der Waals surface area contributed by atoms with Crippen molar-refractivity contribution in [3.8, 4) is 0 Å². The first kappa shape index (κ1) is 15.9. The summed E-state index contributed by atoms with van der Waals surface area (Å²) >= 11 is 2.09. The summed E-state index contributed by atoms with van der Waals surface area (Å²) in [5, 5.41) is 11.7. The fraction of sp³-hybridized carbons (Fsp3) is 0.429. The highest BCUT2D eigenvalue weighted by Crippen LogP contribution is 2.16. The van der Waals surface area contributed by atoms with E-state index in [9.17, 15) is 9.59 Å². The molecule has 0 heterocycles. The van der Waals surface area contributed by atoms with E-state index in [1.54, 1.807) is 0 Å². The number of unbranched alkanes of at least 4 members (excludes halogenated alkanes) is 1. The third-order valence-electron chi connectivity index (χ3n) is 2.90. The van der Waals surface area contributed by atoms with Crippen LogP contribution in [0, 0.1) is 10.5 Å². The lowest BCUT2D eigenvalue weighted by molar-refractivity contribution is -0.139. The molecule has 0 fully saturated rings. The van der Waals surface area contributed by atoms with Crippen LogP contribution in [0.3, 0.4) is 0 Å². The van der Waals surface area contributed by atoms with Crippen LogP contribution in [0.25, 0.3) is 0 Å². The number of amides is 1. The molecule has 0 saturated heterocycles.